The lowest BCUT2D eigenvalue weighted by atomic mass is 10.1. The van der Waals surface area contributed by atoms with Crippen molar-refractivity contribution in [2.45, 2.75) is 26.8 Å². The maximum atomic E-state index is 13.9. The third kappa shape index (κ3) is 4.64. The number of aliphatic hydroxyl groups excluding tert-OH is 1. The first-order valence-electron chi connectivity index (χ1n) is 9.32. The zero-order valence-corrected chi connectivity index (χ0v) is 16.3. The normalized spacial score (nSPS) is 12.1. The van der Waals surface area contributed by atoms with Gasteiger partial charge in [-0.3, -0.25) is 0 Å². The predicted octanol–water partition coefficient (Wildman–Crippen LogP) is 4.76. The van der Waals surface area contributed by atoms with Crippen molar-refractivity contribution >= 4 is 17.5 Å². The molecule has 2 aromatic carbocycles. The van der Waals surface area contributed by atoms with Crippen LogP contribution in [0.2, 0.25) is 0 Å². The number of benzene rings is 2. The maximum absolute atomic E-state index is 13.9. The Bertz CT molecular complexity index is 931. The average Bonchev–Trinajstić information content (AvgIpc) is 2.70. The molecule has 6 heteroatoms. The van der Waals surface area contributed by atoms with Crippen molar-refractivity contribution in [2.75, 3.05) is 17.2 Å². The highest BCUT2D eigenvalue weighted by Crippen LogP contribution is 2.26. The molecule has 0 amide bonds. The van der Waals surface area contributed by atoms with Gasteiger partial charge in [0, 0.05) is 22.9 Å². The molecule has 0 fully saturated rings. The van der Waals surface area contributed by atoms with E-state index >= 15 is 0 Å². The molecule has 28 heavy (non-hydrogen) atoms. The summed E-state index contributed by atoms with van der Waals surface area (Å²) >= 11 is 0. The Morgan fingerprint density at radius 1 is 1.04 bits per heavy atom. The summed E-state index contributed by atoms with van der Waals surface area (Å²) in [7, 11) is 0. The molecule has 0 saturated carbocycles. The summed E-state index contributed by atoms with van der Waals surface area (Å²) in [6, 6.07) is 16.3. The van der Waals surface area contributed by atoms with E-state index in [0.717, 1.165) is 11.3 Å². The molecular formula is C22H25FN4O. The van der Waals surface area contributed by atoms with E-state index in [9.17, 15) is 9.50 Å². The Labute approximate surface area is 164 Å². The first-order chi connectivity index (χ1) is 13.5. The summed E-state index contributed by atoms with van der Waals surface area (Å²) < 4.78 is 13.9. The molecule has 0 saturated heterocycles. The van der Waals surface area contributed by atoms with Crippen molar-refractivity contribution in [1.29, 1.82) is 0 Å². The van der Waals surface area contributed by atoms with E-state index in [2.05, 4.69) is 20.6 Å². The van der Waals surface area contributed by atoms with E-state index in [-0.39, 0.29) is 24.4 Å². The standard InChI is InChI=1S/C22H25FN4O/c1-14(2)20(13-28)26-22-25-19(16-8-5-4-6-9-16)12-21(27-22)24-18-11-7-10-17(23)15(18)3/h4-12,14,20,28H,13H2,1-3H3,(H2,24,25,26,27)/t20-/m0/s1. The smallest absolute Gasteiger partial charge is 0.225 e. The Hall–Kier alpha value is -2.99. The fourth-order valence-electron chi connectivity index (χ4n) is 2.80. The summed E-state index contributed by atoms with van der Waals surface area (Å²) in [6.45, 7) is 5.73. The third-order valence-electron chi connectivity index (χ3n) is 4.64. The summed E-state index contributed by atoms with van der Waals surface area (Å²) in [5.74, 6) is 0.882. The van der Waals surface area contributed by atoms with Crippen molar-refractivity contribution in [3.63, 3.8) is 0 Å². The van der Waals surface area contributed by atoms with Crippen LogP contribution in [0.1, 0.15) is 19.4 Å². The number of nitrogens with zero attached hydrogens (tertiary/aromatic N) is 2. The minimum Gasteiger partial charge on any atom is -0.394 e. The summed E-state index contributed by atoms with van der Waals surface area (Å²) in [5.41, 5.74) is 2.84. The lowest BCUT2D eigenvalue weighted by Gasteiger charge is -2.21. The van der Waals surface area contributed by atoms with E-state index in [4.69, 9.17) is 0 Å². The number of nitrogens with one attached hydrogen (secondary N) is 2. The number of hydrogen-bond donors (Lipinski definition) is 3. The number of aromatic nitrogens is 2. The molecule has 0 spiro atoms. The van der Waals surface area contributed by atoms with Crippen LogP contribution in [0, 0.1) is 18.7 Å². The van der Waals surface area contributed by atoms with Crippen LogP contribution in [0.3, 0.4) is 0 Å². The predicted molar refractivity (Wildman–Crippen MR) is 111 cm³/mol. The van der Waals surface area contributed by atoms with E-state index in [1.165, 1.54) is 6.07 Å². The number of rotatable bonds is 7. The van der Waals surface area contributed by atoms with Gasteiger partial charge in [-0.2, -0.15) is 4.98 Å². The van der Waals surface area contributed by atoms with Gasteiger partial charge in [0.25, 0.3) is 0 Å². The third-order valence-corrected chi connectivity index (χ3v) is 4.64. The molecule has 0 bridgehead atoms. The van der Waals surface area contributed by atoms with Crippen LogP contribution < -0.4 is 10.6 Å². The zero-order chi connectivity index (χ0) is 20.1. The van der Waals surface area contributed by atoms with Gasteiger partial charge in [-0.15, -0.1) is 0 Å². The van der Waals surface area contributed by atoms with E-state index in [0.29, 0.717) is 23.0 Å². The molecule has 1 heterocycles. The number of anilines is 3. The Morgan fingerprint density at radius 3 is 2.46 bits per heavy atom. The van der Waals surface area contributed by atoms with Crippen molar-refractivity contribution in [3.8, 4) is 11.3 Å². The number of aliphatic hydroxyl groups is 1. The molecule has 3 rings (SSSR count). The fraction of sp³-hybridized carbons (Fsp3) is 0.273. The van der Waals surface area contributed by atoms with Crippen LogP contribution in [0.5, 0.6) is 0 Å². The van der Waals surface area contributed by atoms with E-state index in [1.807, 2.05) is 50.2 Å². The van der Waals surface area contributed by atoms with Crippen molar-refractivity contribution in [2.24, 2.45) is 5.92 Å². The SMILES string of the molecule is Cc1c(F)cccc1Nc1cc(-c2ccccc2)nc(N[C@@H](CO)C(C)C)n1. The highest BCUT2D eigenvalue weighted by Gasteiger charge is 2.15. The van der Waals surface area contributed by atoms with Gasteiger partial charge in [-0.05, 0) is 25.0 Å². The molecular weight excluding hydrogens is 355 g/mol. The van der Waals surface area contributed by atoms with Crippen molar-refractivity contribution in [1.82, 2.24) is 9.97 Å². The first kappa shape index (κ1) is 19.8. The molecule has 0 aliphatic carbocycles. The van der Waals surface area contributed by atoms with E-state index in [1.54, 1.807) is 19.1 Å². The van der Waals surface area contributed by atoms with Crippen molar-refractivity contribution < 1.29 is 9.50 Å². The van der Waals surface area contributed by atoms with Gasteiger partial charge in [0.2, 0.25) is 5.95 Å². The summed E-state index contributed by atoms with van der Waals surface area (Å²) in [4.78, 5) is 9.14. The Balaban J connectivity index is 2.00. The fourth-order valence-corrected chi connectivity index (χ4v) is 2.80. The molecule has 3 aromatic rings. The van der Waals surface area contributed by atoms with Gasteiger partial charge < -0.3 is 15.7 Å². The highest BCUT2D eigenvalue weighted by atomic mass is 19.1. The summed E-state index contributed by atoms with van der Waals surface area (Å²) in [5, 5.41) is 16.0. The molecule has 0 aliphatic heterocycles. The molecule has 0 radical (unpaired) electrons. The second-order valence-electron chi connectivity index (χ2n) is 7.04. The van der Waals surface area contributed by atoms with Crippen molar-refractivity contribution in [3.05, 3.63) is 66.0 Å². The minimum atomic E-state index is -0.277. The van der Waals surface area contributed by atoms with Crippen LogP contribution in [0.25, 0.3) is 11.3 Å². The van der Waals surface area contributed by atoms with Gasteiger partial charge in [0.15, 0.2) is 0 Å². The van der Waals surface area contributed by atoms with Crippen LogP contribution in [0.15, 0.2) is 54.6 Å². The monoisotopic (exact) mass is 380 g/mol. The van der Waals surface area contributed by atoms with Gasteiger partial charge in [0.1, 0.15) is 11.6 Å². The Morgan fingerprint density at radius 2 is 1.79 bits per heavy atom. The molecule has 3 N–H and O–H groups in total. The van der Waals surface area contributed by atoms with Crippen LogP contribution in [-0.2, 0) is 0 Å². The van der Waals surface area contributed by atoms with Crippen LogP contribution in [-0.4, -0.2) is 27.7 Å². The lowest BCUT2D eigenvalue weighted by molar-refractivity contribution is 0.248. The van der Waals surface area contributed by atoms with Crippen LogP contribution >= 0.6 is 0 Å². The lowest BCUT2D eigenvalue weighted by Crippen LogP contribution is -2.30. The molecule has 5 nitrogen and oxygen atoms in total. The van der Waals surface area contributed by atoms with Gasteiger partial charge in [0.05, 0.1) is 18.3 Å². The number of hydrogen-bond acceptors (Lipinski definition) is 5. The maximum Gasteiger partial charge on any atom is 0.225 e. The zero-order valence-electron chi connectivity index (χ0n) is 16.3. The average molecular weight is 380 g/mol. The largest absolute Gasteiger partial charge is 0.394 e. The topological polar surface area (TPSA) is 70.1 Å². The summed E-state index contributed by atoms with van der Waals surface area (Å²) in [6.07, 6.45) is 0. The Kier molecular flexibility index (Phi) is 6.21. The molecule has 1 aromatic heterocycles. The quantitative estimate of drug-likeness (QED) is 0.551. The minimum absolute atomic E-state index is 0.0254. The molecule has 1 atom stereocenters. The second kappa shape index (κ2) is 8.80. The number of halogens is 1. The van der Waals surface area contributed by atoms with Gasteiger partial charge >= 0.3 is 0 Å². The second-order valence-corrected chi connectivity index (χ2v) is 7.04. The van der Waals surface area contributed by atoms with Gasteiger partial charge in [-0.25, -0.2) is 9.37 Å². The van der Waals surface area contributed by atoms with Crippen LogP contribution in [0.4, 0.5) is 21.8 Å². The molecule has 0 aliphatic rings. The molecule has 0 unspecified atom stereocenters. The first-order valence-corrected chi connectivity index (χ1v) is 9.32. The highest BCUT2D eigenvalue weighted by molar-refractivity contribution is 5.68. The van der Waals surface area contributed by atoms with E-state index < -0.39 is 0 Å². The molecule has 146 valence electrons. The van der Waals surface area contributed by atoms with Gasteiger partial charge in [-0.1, -0.05) is 50.2 Å².